The van der Waals surface area contributed by atoms with Gasteiger partial charge in [-0.05, 0) is 30.5 Å². The molecule has 0 amide bonds. The summed E-state index contributed by atoms with van der Waals surface area (Å²) in [4.78, 5) is 5.80. The number of aromatic amines is 1. The minimum absolute atomic E-state index is 0.251. The van der Waals surface area contributed by atoms with Gasteiger partial charge in [0, 0.05) is 48.9 Å². The predicted molar refractivity (Wildman–Crippen MR) is 86.6 cm³/mol. The van der Waals surface area contributed by atoms with E-state index in [1.807, 2.05) is 0 Å². The number of nitrogens with zero attached hydrogens (tertiary/aromatic N) is 1. The molecule has 1 aliphatic rings. The third-order valence-electron chi connectivity index (χ3n) is 4.28. The summed E-state index contributed by atoms with van der Waals surface area (Å²) < 4.78 is 22.6. The molecule has 0 unspecified atom stereocenters. The van der Waals surface area contributed by atoms with Crippen LogP contribution in [0, 0.1) is 6.92 Å². The fourth-order valence-electron chi connectivity index (χ4n) is 3.09. The number of fused-ring (bicyclic) bond motifs is 3. The Balaban J connectivity index is 1.78. The first-order valence-electron chi connectivity index (χ1n) is 7.42. The normalized spacial score (nSPS) is 16.9. The number of rotatable bonds is 3. The molecule has 1 N–H and O–H groups in total. The van der Waals surface area contributed by atoms with E-state index in [1.165, 1.54) is 34.0 Å². The van der Waals surface area contributed by atoms with Crippen LogP contribution in [0.4, 0.5) is 0 Å². The van der Waals surface area contributed by atoms with E-state index in [9.17, 15) is 8.42 Å². The molecule has 1 aromatic heterocycles. The lowest BCUT2D eigenvalue weighted by molar-refractivity contribution is 0.304. The van der Waals surface area contributed by atoms with Gasteiger partial charge in [0.25, 0.3) is 0 Å². The number of aromatic nitrogens is 1. The van der Waals surface area contributed by atoms with Crippen molar-refractivity contribution >= 4 is 20.7 Å². The van der Waals surface area contributed by atoms with Crippen molar-refractivity contribution < 1.29 is 8.42 Å². The first kappa shape index (κ1) is 14.6. The number of aryl methyl sites for hydroxylation is 1. The summed E-state index contributed by atoms with van der Waals surface area (Å²) in [5.41, 5.74) is 5.22. The highest BCUT2D eigenvalue weighted by Crippen LogP contribution is 2.26. The van der Waals surface area contributed by atoms with Crippen LogP contribution in [-0.4, -0.2) is 49.9 Å². The van der Waals surface area contributed by atoms with Gasteiger partial charge in [0.1, 0.15) is 9.84 Å². The predicted octanol–water partition coefficient (Wildman–Crippen LogP) is 1.92. The molecule has 0 atom stereocenters. The van der Waals surface area contributed by atoms with Crippen LogP contribution in [0.1, 0.15) is 16.8 Å². The van der Waals surface area contributed by atoms with Gasteiger partial charge in [0.2, 0.25) is 0 Å². The lowest BCUT2D eigenvalue weighted by Gasteiger charge is -2.18. The molecule has 3 rings (SSSR count). The Labute approximate surface area is 126 Å². The third-order valence-corrected chi connectivity index (χ3v) is 5.21. The minimum atomic E-state index is -2.88. The van der Waals surface area contributed by atoms with Crippen molar-refractivity contribution in [1.82, 2.24) is 9.88 Å². The minimum Gasteiger partial charge on any atom is -0.358 e. The molecule has 0 saturated carbocycles. The van der Waals surface area contributed by atoms with Crippen LogP contribution < -0.4 is 0 Å². The number of hydrogen-bond donors (Lipinski definition) is 1. The molecule has 2 heterocycles. The molecule has 114 valence electrons. The van der Waals surface area contributed by atoms with Gasteiger partial charge in [0.05, 0.1) is 5.75 Å². The Hall–Kier alpha value is -1.33. The molecule has 2 aromatic rings. The van der Waals surface area contributed by atoms with Gasteiger partial charge in [-0.25, -0.2) is 8.42 Å². The zero-order valence-corrected chi connectivity index (χ0v) is 13.5. The first-order chi connectivity index (χ1) is 9.92. The van der Waals surface area contributed by atoms with Gasteiger partial charge in [-0.1, -0.05) is 12.1 Å². The van der Waals surface area contributed by atoms with Crippen LogP contribution in [0.25, 0.3) is 10.9 Å². The van der Waals surface area contributed by atoms with Gasteiger partial charge in [-0.3, -0.25) is 0 Å². The Kier molecular flexibility index (Phi) is 3.80. The Morgan fingerprint density at radius 2 is 2.00 bits per heavy atom. The number of benzene rings is 1. The molecule has 0 aliphatic carbocycles. The van der Waals surface area contributed by atoms with E-state index >= 15 is 0 Å². The van der Waals surface area contributed by atoms with Crippen molar-refractivity contribution in [3.05, 3.63) is 35.0 Å². The molecular weight excluding hydrogens is 284 g/mol. The molecule has 0 saturated heterocycles. The molecular formula is C16H22N2O2S. The molecule has 21 heavy (non-hydrogen) atoms. The molecule has 0 fully saturated rings. The Morgan fingerprint density at radius 3 is 2.76 bits per heavy atom. The fourth-order valence-corrected chi connectivity index (χ4v) is 3.68. The number of H-pyrrole nitrogens is 1. The summed E-state index contributed by atoms with van der Waals surface area (Å²) in [6, 6.07) is 6.56. The fraction of sp³-hybridized carbons (Fsp3) is 0.500. The van der Waals surface area contributed by atoms with Gasteiger partial charge >= 0.3 is 0 Å². The zero-order chi connectivity index (χ0) is 15.0. The summed E-state index contributed by atoms with van der Waals surface area (Å²) >= 11 is 0. The van der Waals surface area contributed by atoms with E-state index in [0.29, 0.717) is 6.54 Å². The van der Waals surface area contributed by atoms with E-state index in [-0.39, 0.29) is 5.75 Å². The van der Waals surface area contributed by atoms with Crippen LogP contribution in [0.15, 0.2) is 18.2 Å². The molecule has 5 heteroatoms. The first-order valence-corrected chi connectivity index (χ1v) is 9.48. The second-order valence-electron chi connectivity index (χ2n) is 6.10. The number of nitrogens with one attached hydrogen (secondary N) is 1. The maximum Gasteiger partial charge on any atom is 0.148 e. The molecule has 0 spiro atoms. The monoisotopic (exact) mass is 306 g/mol. The standard InChI is InChI=1S/C16H22N2O2S/c1-12-3-4-13-14-5-7-18(9-10-21(2,19)20)8-6-15(14)17-16(13)11-12/h3-4,11,17H,5-10H2,1-2H3. The van der Waals surface area contributed by atoms with Gasteiger partial charge in [-0.15, -0.1) is 0 Å². The maximum absolute atomic E-state index is 11.3. The quantitative estimate of drug-likeness (QED) is 0.942. The van der Waals surface area contributed by atoms with E-state index < -0.39 is 9.84 Å². The van der Waals surface area contributed by atoms with E-state index in [0.717, 1.165) is 25.9 Å². The number of sulfone groups is 1. The van der Waals surface area contributed by atoms with Gasteiger partial charge < -0.3 is 9.88 Å². The smallest absolute Gasteiger partial charge is 0.148 e. The lowest BCUT2D eigenvalue weighted by atomic mass is 10.1. The average Bonchev–Trinajstić information content (AvgIpc) is 2.61. The van der Waals surface area contributed by atoms with Crippen LogP contribution >= 0.6 is 0 Å². The van der Waals surface area contributed by atoms with Crippen LogP contribution in [-0.2, 0) is 22.7 Å². The average molecular weight is 306 g/mol. The van der Waals surface area contributed by atoms with E-state index in [2.05, 4.69) is 35.0 Å². The number of hydrogen-bond acceptors (Lipinski definition) is 3. The third kappa shape index (κ3) is 3.30. The lowest BCUT2D eigenvalue weighted by Crippen LogP contribution is -2.31. The van der Waals surface area contributed by atoms with Gasteiger partial charge in [0.15, 0.2) is 0 Å². The Bertz CT molecular complexity index is 762. The summed E-state index contributed by atoms with van der Waals surface area (Å²) in [6.07, 6.45) is 3.26. The van der Waals surface area contributed by atoms with Gasteiger partial charge in [-0.2, -0.15) is 0 Å². The van der Waals surface area contributed by atoms with E-state index in [1.54, 1.807) is 0 Å². The summed E-state index contributed by atoms with van der Waals surface area (Å²) in [7, 11) is -2.88. The van der Waals surface area contributed by atoms with Crippen molar-refractivity contribution in [3.63, 3.8) is 0 Å². The Morgan fingerprint density at radius 1 is 1.24 bits per heavy atom. The summed E-state index contributed by atoms with van der Waals surface area (Å²) in [5, 5.41) is 1.32. The van der Waals surface area contributed by atoms with Crippen LogP contribution in [0.5, 0.6) is 0 Å². The topological polar surface area (TPSA) is 53.2 Å². The van der Waals surface area contributed by atoms with Crippen molar-refractivity contribution in [2.45, 2.75) is 19.8 Å². The SMILES string of the molecule is Cc1ccc2c3c([nH]c2c1)CCN(CCS(C)(=O)=O)CC3. The van der Waals surface area contributed by atoms with Crippen molar-refractivity contribution in [2.24, 2.45) is 0 Å². The highest BCUT2D eigenvalue weighted by atomic mass is 32.2. The van der Waals surface area contributed by atoms with Crippen molar-refractivity contribution in [3.8, 4) is 0 Å². The second kappa shape index (κ2) is 5.46. The molecule has 1 aromatic carbocycles. The maximum atomic E-state index is 11.3. The highest BCUT2D eigenvalue weighted by Gasteiger charge is 2.18. The summed E-state index contributed by atoms with van der Waals surface area (Å²) in [5.74, 6) is 0.251. The molecule has 4 nitrogen and oxygen atoms in total. The molecule has 1 aliphatic heterocycles. The van der Waals surface area contributed by atoms with Crippen molar-refractivity contribution in [1.29, 1.82) is 0 Å². The molecule has 0 bridgehead atoms. The largest absolute Gasteiger partial charge is 0.358 e. The van der Waals surface area contributed by atoms with Crippen molar-refractivity contribution in [2.75, 3.05) is 31.6 Å². The van der Waals surface area contributed by atoms with Crippen LogP contribution in [0.3, 0.4) is 0 Å². The second-order valence-corrected chi connectivity index (χ2v) is 8.36. The van der Waals surface area contributed by atoms with Crippen LogP contribution in [0.2, 0.25) is 0 Å². The zero-order valence-electron chi connectivity index (χ0n) is 12.6. The highest BCUT2D eigenvalue weighted by molar-refractivity contribution is 7.90. The van der Waals surface area contributed by atoms with E-state index in [4.69, 9.17) is 0 Å². The summed E-state index contributed by atoms with van der Waals surface area (Å²) in [6.45, 7) is 4.61. The molecule has 0 radical (unpaired) electrons.